The quantitative estimate of drug-likeness (QED) is 0.832. The molecule has 1 aromatic rings. The minimum Gasteiger partial charge on any atom is -0.346 e. The molecule has 1 saturated carbocycles. The number of halogens is 1. The van der Waals surface area contributed by atoms with Gasteiger partial charge in [-0.05, 0) is 31.7 Å². The van der Waals surface area contributed by atoms with Gasteiger partial charge in [-0.3, -0.25) is 9.48 Å². The highest BCUT2D eigenvalue weighted by atomic mass is 35.5. The van der Waals surface area contributed by atoms with Crippen LogP contribution >= 0.6 is 12.4 Å². The minimum atomic E-state index is -0.0783. The van der Waals surface area contributed by atoms with Crippen molar-refractivity contribution in [2.45, 2.75) is 25.8 Å². The normalized spacial score (nSPS) is 16.2. The number of rotatable bonds is 4. The topological polar surface area (TPSA) is 72.9 Å². The highest BCUT2D eigenvalue weighted by molar-refractivity contribution is 5.92. The molecule has 6 heteroatoms. The molecule has 0 saturated heterocycles. The first-order valence-corrected chi connectivity index (χ1v) is 5.63. The zero-order valence-electron chi connectivity index (χ0n) is 10.1. The Morgan fingerprint density at radius 2 is 2.35 bits per heavy atom. The van der Waals surface area contributed by atoms with Gasteiger partial charge in [-0.1, -0.05) is 0 Å². The van der Waals surface area contributed by atoms with Crippen LogP contribution in [0, 0.1) is 12.8 Å². The van der Waals surface area contributed by atoms with Crippen molar-refractivity contribution in [1.29, 1.82) is 0 Å². The molecule has 0 bridgehead atoms. The Labute approximate surface area is 107 Å². The van der Waals surface area contributed by atoms with Crippen molar-refractivity contribution < 1.29 is 4.79 Å². The van der Waals surface area contributed by atoms with E-state index in [2.05, 4.69) is 10.4 Å². The van der Waals surface area contributed by atoms with Crippen LogP contribution in [-0.4, -0.2) is 28.3 Å². The van der Waals surface area contributed by atoms with Crippen LogP contribution in [0.15, 0.2) is 6.07 Å². The lowest BCUT2D eigenvalue weighted by Gasteiger charge is -2.15. The van der Waals surface area contributed by atoms with E-state index < -0.39 is 0 Å². The average Bonchev–Trinajstić information content (AvgIpc) is 3.01. The molecule has 1 atom stereocenters. The summed E-state index contributed by atoms with van der Waals surface area (Å²) in [7, 11) is 1.77. The zero-order chi connectivity index (χ0) is 11.7. The molecular formula is C11H19ClN4O. The summed E-state index contributed by atoms with van der Waals surface area (Å²) < 4.78 is 1.60. The van der Waals surface area contributed by atoms with Crippen LogP contribution in [0.25, 0.3) is 0 Å². The summed E-state index contributed by atoms with van der Waals surface area (Å²) >= 11 is 0. The first-order valence-electron chi connectivity index (χ1n) is 5.63. The Balaban J connectivity index is 0.00000144. The molecule has 0 spiro atoms. The summed E-state index contributed by atoms with van der Waals surface area (Å²) in [6.07, 6.45) is 2.35. The molecule has 17 heavy (non-hydrogen) atoms. The number of nitrogens with two attached hydrogens (primary N) is 1. The monoisotopic (exact) mass is 258 g/mol. The molecule has 1 amide bonds. The number of aromatic nitrogens is 2. The lowest BCUT2D eigenvalue weighted by Crippen LogP contribution is -2.42. The number of hydrogen-bond donors (Lipinski definition) is 2. The molecule has 1 heterocycles. The van der Waals surface area contributed by atoms with Gasteiger partial charge in [-0.25, -0.2) is 0 Å². The minimum absolute atomic E-state index is 0. The second-order valence-electron chi connectivity index (χ2n) is 4.45. The Morgan fingerprint density at radius 3 is 2.76 bits per heavy atom. The second-order valence-corrected chi connectivity index (χ2v) is 4.45. The first-order chi connectivity index (χ1) is 7.61. The Bertz CT molecular complexity index is 400. The highest BCUT2D eigenvalue weighted by Crippen LogP contribution is 2.32. The molecular weight excluding hydrogens is 240 g/mol. The van der Waals surface area contributed by atoms with E-state index in [4.69, 9.17) is 5.73 Å². The summed E-state index contributed by atoms with van der Waals surface area (Å²) in [6, 6.07) is 1.90. The smallest absolute Gasteiger partial charge is 0.269 e. The van der Waals surface area contributed by atoms with Gasteiger partial charge in [0, 0.05) is 19.6 Å². The Hall–Kier alpha value is -1.07. The third-order valence-corrected chi connectivity index (χ3v) is 3.00. The van der Waals surface area contributed by atoms with Gasteiger partial charge in [0.1, 0.15) is 5.69 Å². The van der Waals surface area contributed by atoms with Gasteiger partial charge in [-0.2, -0.15) is 5.10 Å². The molecule has 96 valence electrons. The molecule has 1 fully saturated rings. The summed E-state index contributed by atoms with van der Waals surface area (Å²) in [4.78, 5) is 12.0. The van der Waals surface area contributed by atoms with Crippen LogP contribution in [0.4, 0.5) is 0 Å². The van der Waals surface area contributed by atoms with E-state index in [-0.39, 0.29) is 24.4 Å². The maximum atomic E-state index is 12.0. The third-order valence-electron chi connectivity index (χ3n) is 3.00. The average molecular weight is 259 g/mol. The lowest BCUT2D eigenvalue weighted by atomic mass is 10.2. The number of carbonyl (C=O) groups is 1. The number of nitrogens with one attached hydrogen (secondary N) is 1. The molecule has 0 aliphatic heterocycles. The highest BCUT2D eigenvalue weighted by Gasteiger charge is 2.31. The third kappa shape index (κ3) is 3.20. The summed E-state index contributed by atoms with van der Waals surface area (Å²) in [5.74, 6) is 0.494. The van der Waals surface area contributed by atoms with Crippen LogP contribution in [0.5, 0.6) is 0 Å². The fraction of sp³-hybridized carbons (Fsp3) is 0.636. The Kier molecular flexibility index (Phi) is 4.54. The van der Waals surface area contributed by atoms with Crippen LogP contribution in [0.2, 0.25) is 0 Å². The predicted molar refractivity (Wildman–Crippen MR) is 68.2 cm³/mol. The van der Waals surface area contributed by atoms with E-state index in [1.54, 1.807) is 17.8 Å². The number of amides is 1. The van der Waals surface area contributed by atoms with Crippen LogP contribution in [0.3, 0.4) is 0 Å². The zero-order valence-corrected chi connectivity index (χ0v) is 11.0. The lowest BCUT2D eigenvalue weighted by molar-refractivity contribution is 0.0924. The van der Waals surface area contributed by atoms with Crippen molar-refractivity contribution in [3.63, 3.8) is 0 Å². The molecule has 3 N–H and O–H groups in total. The molecule has 5 nitrogen and oxygen atoms in total. The van der Waals surface area contributed by atoms with Gasteiger partial charge < -0.3 is 11.1 Å². The molecule has 1 aromatic heterocycles. The van der Waals surface area contributed by atoms with Crippen molar-refractivity contribution in [1.82, 2.24) is 15.1 Å². The number of aryl methyl sites for hydroxylation is 2. The van der Waals surface area contributed by atoms with Crippen molar-refractivity contribution in [2.24, 2.45) is 18.7 Å². The summed E-state index contributed by atoms with van der Waals surface area (Å²) in [5, 5.41) is 7.12. The van der Waals surface area contributed by atoms with Crippen LogP contribution in [-0.2, 0) is 7.05 Å². The van der Waals surface area contributed by atoms with E-state index in [0.29, 0.717) is 18.2 Å². The molecule has 1 aliphatic rings. The standard InChI is InChI=1S/C11H18N4O.ClH/c1-7-5-10(15(2)14-7)11(16)13-9(6-12)8-3-4-8;/h5,8-9H,3-4,6,12H2,1-2H3,(H,13,16);1H. The van der Waals surface area contributed by atoms with Gasteiger partial charge in [-0.15, -0.1) is 12.4 Å². The molecule has 2 rings (SSSR count). The van der Waals surface area contributed by atoms with Gasteiger partial charge in [0.2, 0.25) is 0 Å². The van der Waals surface area contributed by atoms with Gasteiger partial charge in [0.25, 0.3) is 5.91 Å². The van der Waals surface area contributed by atoms with Crippen molar-refractivity contribution >= 4 is 18.3 Å². The van der Waals surface area contributed by atoms with E-state index >= 15 is 0 Å². The summed E-state index contributed by atoms with van der Waals surface area (Å²) in [5.41, 5.74) is 7.09. The van der Waals surface area contributed by atoms with E-state index in [1.807, 2.05) is 6.92 Å². The molecule has 0 radical (unpaired) electrons. The van der Waals surface area contributed by atoms with E-state index in [1.165, 1.54) is 12.8 Å². The van der Waals surface area contributed by atoms with Gasteiger partial charge >= 0.3 is 0 Å². The molecule has 0 aromatic carbocycles. The molecule has 1 unspecified atom stereocenters. The van der Waals surface area contributed by atoms with E-state index in [9.17, 15) is 4.79 Å². The van der Waals surface area contributed by atoms with Crippen molar-refractivity contribution in [3.05, 3.63) is 17.5 Å². The first kappa shape index (κ1) is 14.0. The number of hydrogen-bond acceptors (Lipinski definition) is 3. The predicted octanol–water partition coefficient (Wildman–Crippen LogP) is 0.617. The summed E-state index contributed by atoms with van der Waals surface area (Å²) in [6.45, 7) is 2.38. The van der Waals surface area contributed by atoms with E-state index in [0.717, 1.165) is 5.69 Å². The fourth-order valence-corrected chi connectivity index (χ4v) is 1.93. The second kappa shape index (κ2) is 5.51. The molecule has 1 aliphatic carbocycles. The maximum Gasteiger partial charge on any atom is 0.269 e. The Morgan fingerprint density at radius 1 is 1.71 bits per heavy atom. The van der Waals surface area contributed by atoms with Gasteiger partial charge in [0.05, 0.1) is 5.69 Å². The number of nitrogens with zero attached hydrogens (tertiary/aromatic N) is 2. The van der Waals surface area contributed by atoms with Gasteiger partial charge in [0.15, 0.2) is 0 Å². The SMILES string of the molecule is Cc1cc(C(=O)NC(CN)C2CC2)n(C)n1.Cl. The van der Waals surface area contributed by atoms with Crippen molar-refractivity contribution in [2.75, 3.05) is 6.54 Å². The van der Waals surface area contributed by atoms with Crippen LogP contribution in [0.1, 0.15) is 29.0 Å². The number of carbonyl (C=O) groups excluding carboxylic acids is 1. The fourth-order valence-electron chi connectivity index (χ4n) is 1.93. The van der Waals surface area contributed by atoms with Crippen LogP contribution < -0.4 is 11.1 Å². The largest absolute Gasteiger partial charge is 0.346 e. The maximum absolute atomic E-state index is 12.0. The van der Waals surface area contributed by atoms with Crippen molar-refractivity contribution in [3.8, 4) is 0 Å².